The highest BCUT2D eigenvalue weighted by molar-refractivity contribution is 5.38. The number of hydrogen-bond donors (Lipinski definition) is 1. The van der Waals surface area contributed by atoms with E-state index < -0.39 is 16.4 Å². The first-order valence-corrected chi connectivity index (χ1v) is 6.27. The summed E-state index contributed by atoms with van der Waals surface area (Å²) in [6.07, 6.45) is 0. The molecule has 0 aliphatic carbocycles. The molecule has 0 unspecified atom stereocenters. The number of benzene rings is 2. The fourth-order valence-corrected chi connectivity index (χ4v) is 1.92. The van der Waals surface area contributed by atoms with Crippen molar-refractivity contribution >= 4 is 5.69 Å². The van der Waals surface area contributed by atoms with Crippen molar-refractivity contribution in [2.75, 3.05) is 0 Å². The number of halogens is 1. The van der Waals surface area contributed by atoms with Crippen LogP contribution in [0.2, 0.25) is 0 Å². The van der Waals surface area contributed by atoms with E-state index in [1.54, 1.807) is 12.1 Å². The Hall–Kier alpha value is -2.47. The quantitative estimate of drug-likeness (QED) is 0.678. The number of aliphatic hydroxyl groups excluding tert-OH is 1. The molecule has 0 fully saturated rings. The van der Waals surface area contributed by atoms with Crippen LogP contribution < -0.4 is 4.74 Å². The largest absolute Gasteiger partial charge is 0.489 e. The third kappa shape index (κ3) is 3.55. The monoisotopic (exact) mass is 291 g/mol. The van der Waals surface area contributed by atoms with E-state index in [-0.39, 0.29) is 13.2 Å². The topological polar surface area (TPSA) is 72.6 Å². The van der Waals surface area contributed by atoms with Crippen molar-refractivity contribution in [2.45, 2.75) is 20.1 Å². The van der Waals surface area contributed by atoms with E-state index in [1.807, 2.05) is 13.0 Å². The highest BCUT2D eigenvalue weighted by Crippen LogP contribution is 2.23. The lowest BCUT2D eigenvalue weighted by Gasteiger charge is -2.11. The molecule has 2 aromatic rings. The van der Waals surface area contributed by atoms with Crippen LogP contribution in [0.15, 0.2) is 36.4 Å². The maximum absolute atomic E-state index is 13.5. The molecule has 0 heterocycles. The second-order valence-corrected chi connectivity index (χ2v) is 4.60. The summed E-state index contributed by atoms with van der Waals surface area (Å²) in [7, 11) is 0. The number of rotatable bonds is 5. The van der Waals surface area contributed by atoms with E-state index in [0.717, 1.165) is 17.7 Å². The molecule has 0 aliphatic heterocycles. The average molecular weight is 291 g/mol. The van der Waals surface area contributed by atoms with Gasteiger partial charge in [0, 0.05) is 11.6 Å². The molecule has 0 atom stereocenters. The fourth-order valence-electron chi connectivity index (χ4n) is 1.92. The summed E-state index contributed by atoms with van der Waals surface area (Å²) in [6.45, 7) is 1.80. The average Bonchev–Trinajstić information content (AvgIpc) is 2.45. The normalized spacial score (nSPS) is 10.4. The molecule has 0 aromatic heterocycles. The first-order valence-electron chi connectivity index (χ1n) is 6.27. The van der Waals surface area contributed by atoms with Crippen molar-refractivity contribution in [3.05, 3.63) is 69.0 Å². The Labute approximate surface area is 120 Å². The zero-order valence-corrected chi connectivity index (χ0v) is 11.4. The molecule has 1 N–H and O–H groups in total. The summed E-state index contributed by atoms with van der Waals surface area (Å²) in [4.78, 5) is 9.76. The Balaban J connectivity index is 2.13. The second kappa shape index (κ2) is 6.32. The SMILES string of the molecule is Cc1ccc(OCc2ccc([N+](=O)[O-])c(F)c2)c(CO)c1. The smallest absolute Gasteiger partial charge is 0.304 e. The van der Waals surface area contributed by atoms with Gasteiger partial charge in [0.1, 0.15) is 12.4 Å². The van der Waals surface area contributed by atoms with E-state index in [2.05, 4.69) is 0 Å². The van der Waals surface area contributed by atoms with Crippen molar-refractivity contribution in [3.8, 4) is 5.75 Å². The number of aryl methyl sites for hydroxylation is 1. The molecule has 110 valence electrons. The summed E-state index contributed by atoms with van der Waals surface area (Å²) in [6, 6.07) is 8.98. The van der Waals surface area contributed by atoms with Gasteiger partial charge in [-0.2, -0.15) is 4.39 Å². The zero-order valence-electron chi connectivity index (χ0n) is 11.4. The van der Waals surface area contributed by atoms with Gasteiger partial charge in [-0.05, 0) is 30.7 Å². The summed E-state index contributed by atoms with van der Waals surface area (Å²) in [5, 5.41) is 19.8. The lowest BCUT2D eigenvalue weighted by Crippen LogP contribution is -2.01. The van der Waals surface area contributed by atoms with Crippen LogP contribution in [0.1, 0.15) is 16.7 Å². The van der Waals surface area contributed by atoms with Crippen LogP contribution in [0, 0.1) is 22.9 Å². The van der Waals surface area contributed by atoms with Crippen molar-refractivity contribution < 1.29 is 19.2 Å². The molecule has 2 rings (SSSR count). The van der Waals surface area contributed by atoms with E-state index in [1.165, 1.54) is 6.07 Å². The number of nitro benzene ring substituents is 1. The van der Waals surface area contributed by atoms with Crippen LogP contribution in [0.4, 0.5) is 10.1 Å². The predicted octanol–water partition coefficient (Wildman–Crippen LogP) is 3.11. The molecule has 2 aromatic carbocycles. The summed E-state index contributed by atoms with van der Waals surface area (Å²) >= 11 is 0. The Kier molecular flexibility index (Phi) is 4.49. The number of aliphatic hydroxyl groups is 1. The number of nitro groups is 1. The van der Waals surface area contributed by atoms with Gasteiger partial charge >= 0.3 is 5.69 Å². The van der Waals surface area contributed by atoms with E-state index >= 15 is 0 Å². The minimum atomic E-state index is -0.896. The Bertz CT molecular complexity index is 673. The molecule has 0 radical (unpaired) electrons. The maximum Gasteiger partial charge on any atom is 0.304 e. The molecule has 5 nitrogen and oxygen atoms in total. The Morgan fingerprint density at radius 1 is 1.29 bits per heavy atom. The van der Waals surface area contributed by atoms with Gasteiger partial charge in [0.25, 0.3) is 0 Å². The van der Waals surface area contributed by atoms with Crippen molar-refractivity contribution in [3.63, 3.8) is 0 Å². The van der Waals surface area contributed by atoms with Gasteiger partial charge in [0.2, 0.25) is 5.82 Å². The highest BCUT2D eigenvalue weighted by Gasteiger charge is 2.14. The molecule has 0 saturated carbocycles. The van der Waals surface area contributed by atoms with Gasteiger partial charge in [-0.15, -0.1) is 0 Å². The lowest BCUT2D eigenvalue weighted by atomic mass is 10.1. The van der Waals surface area contributed by atoms with Crippen molar-refractivity contribution in [1.29, 1.82) is 0 Å². The lowest BCUT2D eigenvalue weighted by molar-refractivity contribution is -0.387. The van der Waals surface area contributed by atoms with Crippen LogP contribution in [0.25, 0.3) is 0 Å². The zero-order chi connectivity index (χ0) is 15.4. The molecule has 21 heavy (non-hydrogen) atoms. The molecule has 6 heteroatoms. The molecular formula is C15H14FNO4. The van der Waals surface area contributed by atoms with Gasteiger partial charge in [-0.25, -0.2) is 0 Å². The van der Waals surface area contributed by atoms with Crippen LogP contribution in [-0.2, 0) is 13.2 Å². The first-order chi connectivity index (χ1) is 10.0. The standard InChI is InChI=1S/C15H14FNO4/c1-10-2-5-15(12(6-10)8-18)21-9-11-3-4-14(17(19)20)13(16)7-11/h2-7,18H,8-9H2,1H3. The van der Waals surface area contributed by atoms with Gasteiger partial charge in [-0.3, -0.25) is 10.1 Å². The maximum atomic E-state index is 13.5. The first kappa shape index (κ1) is 14.9. The Morgan fingerprint density at radius 3 is 2.67 bits per heavy atom. The fraction of sp³-hybridized carbons (Fsp3) is 0.200. The third-order valence-electron chi connectivity index (χ3n) is 2.99. The van der Waals surface area contributed by atoms with Gasteiger partial charge in [-0.1, -0.05) is 17.7 Å². The molecule has 0 spiro atoms. The van der Waals surface area contributed by atoms with Crippen molar-refractivity contribution in [2.24, 2.45) is 0 Å². The Morgan fingerprint density at radius 2 is 2.05 bits per heavy atom. The molecule has 0 saturated heterocycles. The third-order valence-corrected chi connectivity index (χ3v) is 2.99. The number of nitrogens with zero attached hydrogens (tertiary/aromatic N) is 1. The predicted molar refractivity (Wildman–Crippen MR) is 74.5 cm³/mol. The highest BCUT2D eigenvalue weighted by atomic mass is 19.1. The summed E-state index contributed by atoms with van der Waals surface area (Å²) in [5.41, 5.74) is 1.54. The van der Waals surface area contributed by atoms with Gasteiger partial charge in [0.05, 0.1) is 11.5 Å². The number of hydrogen-bond acceptors (Lipinski definition) is 4. The van der Waals surface area contributed by atoms with E-state index in [9.17, 15) is 19.6 Å². The molecule has 0 bridgehead atoms. The minimum absolute atomic E-state index is 0.0605. The summed E-state index contributed by atoms with van der Waals surface area (Å²) in [5.74, 6) is -0.394. The summed E-state index contributed by atoms with van der Waals surface area (Å²) < 4.78 is 19.0. The minimum Gasteiger partial charge on any atom is -0.489 e. The number of ether oxygens (including phenoxy) is 1. The van der Waals surface area contributed by atoms with Crippen LogP contribution >= 0.6 is 0 Å². The van der Waals surface area contributed by atoms with Crippen LogP contribution in [-0.4, -0.2) is 10.0 Å². The second-order valence-electron chi connectivity index (χ2n) is 4.60. The van der Waals surface area contributed by atoms with Gasteiger partial charge < -0.3 is 9.84 Å². The van der Waals surface area contributed by atoms with Crippen molar-refractivity contribution in [1.82, 2.24) is 0 Å². The van der Waals surface area contributed by atoms with E-state index in [0.29, 0.717) is 16.9 Å². The van der Waals surface area contributed by atoms with Crippen LogP contribution in [0.3, 0.4) is 0 Å². The molecular weight excluding hydrogens is 277 g/mol. The molecule has 0 amide bonds. The van der Waals surface area contributed by atoms with Gasteiger partial charge in [0.15, 0.2) is 0 Å². The molecule has 0 aliphatic rings. The van der Waals surface area contributed by atoms with Crippen LogP contribution in [0.5, 0.6) is 5.75 Å². The van der Waals surface area contributed by atoms with E-state index in [4.69, 9.17) is 4.74 Å².